The lowest BCUT2D eigenvalue weighted by Crippen LogP contribution is -2.36. The summed E-state index contributed by atoms with van der Waals surface area (Å²) in [6.45, 7) is 0.134. The quantitative estimate of drug-likeness (QED) is 0.415. The van der Waals surface area contributed by atoms with E-state index in [4.69, 9.17) is 15.7 Å². The van der Waals surface area contributed by atoms with Gasteiger partial charge in [0.2, 0.25) is 10.0 Å². The highest BCUT2D eigenvalue weighted by Crippen LogP contribution is 2.17. The van der Waals surface area contributed by atoms with Gasteiger partial charge in [-0.15, -0.1) is 0 Å². The topological polar surface area (TPSA) is 118 Å². The standard InChI is InChI=1S/C10H18N4O4S/c1-18-7-5-14(4-6-15)19(16,17)9-2-3-12-10(8-9)13-11/h2-3,8,15H,4-7,11H2,1H3,(H,12,13). The zero-order valence-electron chi connectivity index (χ0n) is 10.6. The van der Waals surface area contributed by atoms with Crippen LogP contribution in [-0.2, 0) is 14.8 Å². The molecule has 19 heavy (non-hydrogen) atoms. The summed E-state index contributed by atoms with van der Waals surface area (Å²) in [6, 6.07) is 2.69. The molecule has 1 heterocycles. The van der Waals surface area contributed by atoms with E-state index in [0.29, 0.717) is 0 Å². The van der Waals surface area contributed by atoms with Crippen LogP contribution >= 0.6 is 0 Å². The number of sulfonamides is 1. The molecule has 1 aromatic heterocycles. The molecule has 0 spiro atoms. The molecule has 0 bridgehead atoms. The first kappa shape index (κ1) is 15.8. The van der Waals surface area contributed by atoms with E-state index < -0.39 is 10.0 Å². The second-order valence-electron chi connectivity index (χ2n) is 3.64. The van der Waals surface area contributed by atoms with E-state index in [1.165, 1.54) is 25.4 Å². The molecule has 0 aromatic carbocycles. The largest absolute Gasteiger partial charge is 0.395 e. The van der Waals surface area contributed by atoms with Crippen LogP contribution < -0.4 is 11.3 Å². The first-order valence-electron chi connectivity index (χ1n) is 5.59. The van der Waals surface area contributed by atoms with Gasteiger partial charge in [-0.05, 0) is 6.07 Å². The van der Waals surface area contributed by atoms with Crippen LogP contribution in [0.4, 0.5) is 5.82 Å². The van der Waals surface area contributed by atoms with Crippen LogP contribution in [0.15, 0.2) is 23.2 Å². The summed E-state index contributed by atoms with van der Waals surface area (Å²) in [5.41, 5.74) is 2.29. The van der Waals surface area contributed by atoms with Crippen molar-refractivity contribution in [1.82, 2.24) is 9.29 Å². The molecule has 0 radical (unpaired) electrons. The molecule has 108 valence electrons. The molecular weight excluding hydrogens is 272 g/mol. The van der Waals surface area contributed by atoms with Crippen LogP contribution in [0.5, 0.6) is 0 Å². The van der Waals surface area contributed by atoms with Crippen molar-refractivity contribution in [3.8, 4) is 0 Å². The van der Waals surface area contributed by atoms with Crippen molar-refractivity contribution >= 4 is 15.8 Å². The Bertz CT molecular complexity index is 494. The molecule has 8 nitrogen and oxygen atoms in total. The number of pyridine rings is 1. The SMILES string of the molecule is COCCN(CCO)S(=O)(=O)c1ccnc(NN)c1. The first-order chi connectivity index (χ1) is 9.06. The van der Waals surface area contributed by atoms with Gasteiger partial charge < -0.3 is 15.3 Å². The Labute approximate surface area is 112 Å². The Kier molecular flexibility index (Phi) is 6.12. The number of ether oxygens (including phenoxy) is 1. The number of aromatic nitrogens is 1. The molecule has 4 N–H and O–H groups in total. The molecule has 0 aliphatic rings. The van der Waals surface area contributed by atoms with Crippen molar-refractivity contribution in [3.63, 3.8) is 0 Å². The average Bonchev–Trinajstić information content (AvgIpc) is 2.43. The second-order valence-corrected chi connectivity index (χ2v) is 5.58. The Morgan fingerprint density at radius 2 is 2.26 bits per heavy atom. The van der Waals surface area contributed by atoms with Gasteiger partial charge in [-0.1, -0.05) is 0 Å². The van der Waals surface area contributed by atoms with Gasteiger partial charge in [0, 0.05) is 32.5 Å². The van der Waals surface area contributed by atoms with Gasteiger partial charge in [-0.3, -0.25) is 0 Å². The van der Waals surface area contributed by atoms with E-state index in [1.807, 2.05) is 0 Å². The van der Waals surface area contributed by atoms with Crippen molar-refractivity contribution < 1.29 is 18.3 Å². The number of aliphatic hydroxyl groups is 1. The lowest BCUT2D eigenvalue weighted by Gasteiger charge is -2.21. The van der Waals surface area contributed by atoms with Gasteiger partial charge in [-0.25, -0.2) is 19.2 Å². The second kappa shape index (κ2) is 7.36. The summed E-state index contributed by atoms with van der Waals surface area (Å²) in [4.78, 5) is 3.90. The van der Waals surface area contributed by atoms with Gasteiger partial charge in [0.05, 0.1) is 18.1 Å². The molecule has 0 amide bonds. The van der Waals surface area contributed by atoms with Crippen molar-refractivity contribution in [2.45, 2.75) is 4.90 Å². The van der Waals surface area contributed by atoms with E-state index in [1.54, 1.807) is 0 Å². The number of nitrogens with two attached hydrogens (primary N) is 1. The summed E-state index contributed by atoms with van der Waals surface area (Å²) < 4.78 is 30.7. The fraction of sp³-hybridized carbons (Fsp3) is 0.500. The molecule has 0 saturated carbocycles. The number of methoxy groups -OCH3 is 1. The molecule has 1 rings (SSSR count). The van der Waals surface area contributed by atoms with Crippen LogP contribution in [-0.4, -0.2) is 56.2 Å². The Hall–Kier alpha value is -1.26. The summed E-state index contributed by atoms with van der Waals surface area (Å²) >= 11 is 0. The zero-order chi connectivity index (χ0) is 14.3. The zero-order valence-corrected chi connectivity index (χ0v) is 11.4. The van der Waals surface area contributed by atoms with Crippen LogP contribution in [0.25, 0.3) is 0 Å². The molecule has 0 fully saturated rings. The minimum absolute atomic E-state index is 0.000592. The van der Waals surface area contributed by atoms with E-state index in [9.17, 15) is 8.42 Å². The van der Waals surface area contributed by atoms with Crippen LogP contribution in [0.3, 0.4) is 0 Å². The maximum absolute atomic E-state index is 12.4. The molecule has 0 saturated heterocycles. The molecule has 0 atom stereocenters. The number of hydrazine groups is 1. The van der Waals surface area contributed by atoms with E-state index >= 15 is 0 Å². The molecule has 0 unspecified atom stereocenters. The highest BCUT2D eigenvalue weighted by molar-refractivity contribution is 7.89. The number of aliphatic hydroxyl groups excluding tert-OH is 1. The molecular formula is C10H18N4O4S. The molecule has 1 aromatic rings. The van der Waals surface area contributed by atoms with Crippen LogP contribution in [0.2, 0.25) is 0 Å². The normalized spacial score (nSPS) is 11.8. The minimum Gasteiger partial charge on any atom is -0.395 e. The summed E-state index contributed by atoms with van der Waals surface area (Å²) in [6.07, 6.45) is 1.34. The number of rotatable bonds is 8. The number of nitrogens with zero attached hydrogens (tertiary/aromatic N) is 2. The van der Waals surface area contributed by atoms with Crippen LogP contribution in [0.1, 0.15) is 0 Å². The third-order valence-corrected chi connectivity index (χ3v) is 4.31. The van der Waals surface area contributed by atoms with Gasteiger partial charge >= 0.3 is 0 Å². The Balaban J connectivity index is 3.03. The van der Waals surface area contributed by atoms with Crippen LogP contribution in [0, 0.1) is 0 Å². The summed E-state index contributed by atoms with van der Waals surface area (Å²) in [7, 11) is -2.23. The molecule has 0 aliphatic carbocycles. The summed E-state index contributed by atoms with van der Waals surface area (Å²) in [5.74, 6) is 5.44. The van der Waals surface area contributed by atoms with Crippen molar-refractivity contribution in [2.24, 2.45) is 5.84 Å². The highest BCUT2D eigenvalue weighted by atomic mass is 32.2. The third kappa shape index (κ3) is 4.11. The number of hydrogen-bond acceptors (Lipinski definition) is 7. The summed E-state index contributed by atoms with van der Waals surface area (Å²) in [5, 5.41) is 8.96. The number of hydrogen-bond donors (Lipinski definition) is 3. The number of anilines is 1. The average molecular weight is 290 g/mol. The smallest absolute Gasteiger partial charge is 0.243 e. The fourth-order valence-electron chi connectivity index (χ4n) is 1.46. The predicted octanol–water partition coefficient (Wildman–Crippen LogP) is -1.00. The first-order valence-corrected chi connectivity index (χ1v) is 7.03. The Morgan fingerprint density at radius 3 is 2.84 bits per heavy atom. The van der Waals surface area contributed by atoms with Crippen molar-refractivity contribution in [2.75, 3.05) is 38.8 Å². The highest BCUT2D eigenvalue weighted by Gasteiger charge is 2.24. The minimum atomic E-state index is -3.71. The Morgan fingerprint density at radius 1 is 1.53 bits per heavy atom. The van der Waals surface area contributed by atoms with Gasteiger partial charge in [0.15, 0.2) is 0 Å². The monoisotopic (exact) mass is 290 g/mol. The van der Waals surface area contributed by atoms with Gasteiger partial charge in [0.25, 0.3) is 0 Å². The lowest BCUT2D eigenvalue weighted by atomic mass is 10.5. The molecule has 0 aliphatic heterocycles. The molecule has 9 heteroatoms. The van der Waals surface area contributed by atoms with Gasteiger partial charge in [-0.2, -0.15) is 4.31 Å². The van der Waals surface area contributed by atoms with Gasteiger partial charge in [0.1, 0.15) is 5.82 Å². The third-order valence-electron chi connectivity index (χ3n) is 2.41. The fourth-order valence-corrected chi connectivity index (χ4v) is 2.88. The van der Waals surface area contributed by atoms with E-state index in [0.717, 1.165) is 4.31 Å². The van der Waals surface area contributed by atoms with Crippen molar-refractivity contribution in [1.29, 1.82) is 0 Å². The maximum atomic E-state index is 12.4. The number of nitrogens with one attached hydrogen (secondary N) is 1. The number of nitrogen functional groups attached to an aromatic ring is 1. The lowest BCUT2D eigenvalue weighted by molar-refractivity contribution is 0.168. The van der Waals surface area contributed by atoms with E-state index in [-0.39, 0.29) is 37.0 Å². The maximum Gasteiger partial charge on any atom is 0.243 e. The predicted molar refractivity (Wildman–Crippen MR) is 69.8 cm³/mol. The van der Waals surface area contributed by atoms with Crippen molar-refractivity contribution in [3.05, 3.63) is 18.3 Å². The van der Waals surface area contributed by atoms with E-state index in [2.05, 4.69) is 10.4 Å².